The molecule has 1 aliphatic rings. The number of hydrogen-bond donors (Lipinski definition) is 2. The number of aromatic nitrogens is 5. The van der Waals surface area contributed by atoms with Gasteiger partial charge in [0.1, 0.15) is 11.2 Å². The van der Waals surface area contributed by atoms with Crippen molar-refractivity contribution in [3.05, 3.63) is 65.1 Å². The van der Waals surface area contributed by atoms with E-state index >= 15 is 0 Å². The molecule has 0 radical (unpaired) electrons. The highest BCUT2D eigenvalue weighted by molar-refractivity contribution is 5.92. The SMILES string of the molecule is Cc1ccnc(-c2nc3nc(C(=O)O)nc(N[C@H](C)C4CCC4)c3n2Cc2ccc(C(F)(F)F)cc2)c1. The molecular weight excluding hydrogens is 485 g/mol. The van der Waals surface area contributed by atoms with Crippen molar-refractivity contribution in [3.63, 3.8) is 0 Å². The first kappa shape index (κ1) is 24.7. The molecular formula is C26H25F3N6O2. The van der Waals surface area contributed by atoms with Crippen LogP contribution in [0.5, 0.6) is 0 Å². The number of nitrogens with one attached hydrogen (secondary N) is 1. The Hall–Kier alpha value is -4.02. The molecule has 192 valence electrons. The third-order valence-corrected chi connectivity index (χ3v) is 6.78. The van der Waals surface area contributed by atoms with E-state index in [1.165, 1.54) is 12.1 Å². The van der Waals surface area contributed by atoms with Crippen molar-refractivity contribution in [1.82, 2.24) is 24.5 Å². The lowest BCUT2D eigenvalue weighted by Crippen LogP contribution is -2.31. The lowest BCUT2D eigenvalue weighted by atomic mass is 9.80. The number of imidazole rings is 1. The van der Waals surface area contributed by atoms with E-state index in [4.69, 9.17) is 0 Å². The van der Waals surface area contributed by atoms with Gasteiger partial charge in [-0.05, 0) is 68.0 Å². The fraction of sp³-hybridized carbons (Fsp3) is 0.346. The second kappa shape index (κ2) is 9.45. The standard InChI is InChI=1S/C26H25F3N6O2/c1-14-10-11-30-19(12-14)24-34-22-20(35(24)13-16-6-8-18(9-7-16)26(27,28)29)21(32-23(33-22)25(36)37)31-15(2)17-4-3-5-17/h6-12,15,17H,3-5,13H2,1-2H3,(H,36,37)(H,31,32,33)/t15-/m1/s1. The number of carboxylic acid groups (broad SMARTS) is 1. The van der Waals surface area contributed by atoms with Crippen LogP contribution in [0.15, 0.2) is 42.6 Å². The minimum atomic E-state index is -4.44. The minimum absolute atomic E-state index is 0.0310. The maximum absolute atomic E-state index is 13.1. The van der Waals surface area contributed by atoms with Crippen LogP contribution in [0, 0.1) is 12.8 Å². The lowest BCUT2D eigenvalue weighted by molar-refractivity contribution is -0.137. The average molecular weight is 511 g/mol. The van der Waals surface area contributed by atoms with Gasteiger partial charge in [-0.25, -0.2) is 19.7 Å². The van der Waals surface area contributed by atoms with Crippen LogP contribution >= 0.6 is 0 Å². The largest absolute Gasteiger partial charge is 0.475 e. The number of rotatable bonds is 7. The number of halogens is 3. The van der Waals surface area contributed by atoms with Gasteiger partial charge >= 0.3 is 12.1 Å². The van der Waals surface area contributed by atoms with Crippen molar-refractivity contribution in [2.75, 3.05) is 5.32 Å². The molecule has 1 aromatic carbocycles. The predicted octanol–water partition coefficient (Wildman–Crippen LogP) is 5.56. The van der Waals surface area contributed by atoms with Gasteiger partial charge in [-0.3, -0.25) is 4.98 Å². The predicted molar refractivity (Wildman–Crippen MR) is 131 cm³/mol. The summed E-state index contributed by atoms with van der Waals surface area (Å²) in [6.07, 6.45) is 0.478. The average Bonchev–Trinajstić information content (AvgIpc) is 3.16. The molecule has 37 heavy (non-hydrogen) atoms. The quantitative estimate of drug-likeness (QED) is 0.335. The molecule has 8 nitrogen and oxygen atoms in total. The maximum atomic E-state index is 13.1. The van der Waals surface area contributed by atoms with Crippen LogP contribution in [0.3, 0.4) is 0 Å². The normalized spacial score (nSPS) is 14.9. The van der Waals surface area contributed by atoms with Gasteiger partial charge in [0, 0.05) is 18.8 Å². The summed E-state index contributed by atoms with van der Waals surface area (Å²) in [7, 11) is 0. The number of benzene rings is 1. The summed E-state index contributed by atoms with van der Waals surface area (Å²) in [5.41, 5.74) is 1.96. The highest BCUT2D eigenvalue weighted by Gasteiger charge is 2.30. The number of anilines is 1. The monoisotopic (exact) mass is 510 g/mol. The topological polar surface area (TPSA) is 106 Å². The summed E-state index contributed by atoms with van der Waals surface area (Å²) in [6.45, 7) is 4.09. The first-order chi connectivity index (χ1) is 17.6. The highest BCUT2D eigenvalue weighted by atomic mass is 19.4. The molecule has 2 N–H and O–H groups in total. The van der Waals surface area contributed by atoms with E-state index in [0.29, 0.717) is 34.3 Å². The van der Waals surface area contributed by atoms with E-state index < -0.39 is 23.5 Å². The van der Waals surface area contributed by atoms with Gasteiger partial charge in [0.15, 0.2) is 17.3 Å². The Labute approximate surface area is 210 Å². The number of hydrogen-bond acceptors (Lipinski definition) is 6. The molecule has 1 aliphatic carbocycles. The summed E-state index contributed by atoms with van der Waals surface area (Å²) < 4.78 is 41.1. The van der Waals surface area contributed by atoms with Gasteiger partial charge in [0.05, 0.1) is 5.56 Å². The molecule has 11 heteroatoms. The summed E-state index contributed by atoms with van der Waals surface area (Å²) in [4.78, 5) is 29.4. The number of carboxylic acids is 1. The second-order valence-electron chi connectivity index (χ2n) is 9.43. The fourth-order valence-corrected chi connectivity index (χ4v) is 4.50. The summed E-state index contributed by atoms with van der Waals surface area (Å²) in [5.74, 6) is -0.509. The first-order valence-corrected chi connectivity index (χ1v) is 12.0. The molecule has 0 unspecified atom stereocenters. The molecule has 0 aliphatic heterocycles. The molecule has 3 heterocycles. The minimum Gasteiger partial charge on any atom is -0.475 e. The molecule has 5 rings (SSSR count). The maximum Gasteiger partial charge on any atom is 0.416 e. The third-order valence-electron chi connectivity index (χ3n) is 6.78. The number of alkyl halides is 3. The van der Waals surface area contributed by atoms with E-state index in [2.05, 4.69) is 25.3 Å². The number of pyridine rings is 1. The van der Waals surface area contributed by atoms with E-state index in [1.807, 2.05) is 26.0 Å². The Kier molecular flexibility index (Phi) is 6.30. The molecule has 0 amide bonds. The number of nitrogens with zero attached hydrogens (tertiary/aromatic N) is 5. The third kappa shape index (κ3) is 4.98. The van der Waals surface area contributed by atoms with Crippen LogP contribution in [0.1, 0.15) is 53.5 Å². The number of carbonyl (C=O) groups is 1. The molecule has 1 atom stereocenters. The molecule has 0 spiro atoms. The zero-order chi connectivity index (χ0) is 26.3. The lowest BCUT2D eigenvalue weighted by Gasteiger charge is -2.32. The fourth-order valence-electron chi connectivity index (χ4n) is 4.50. The molecule has 3 aromatic heterocycles. The van der Waals surface area contributed by atoms with Gasteiger partial charge in [0.2, 0.25) is 5.82 Å². The Bertz CT molecular complexity index is 1460. The highest BCUT2D eigenvalue weighted by Crippen LogP contribution is 2.34. The van der Waals surface area contributed by atoms with E-state index in [1.54, 1.807) is 10.8 Å². The Morgan fingerprint density at radius 2 is 1.89 bits per heavy atom. The van der Waals surface area contributed by atoms with Crippen LogP contribution in [-0.4, -0.2) is 41.6 Å². The number of aromatic carboxylic acids is 1. The van der Waals surface area contributed by atoms with Crippen molar-refractivity contribution < 1.29 is 23.1 Å². The van der Waals surface area contributed by atoms with Crippen molar-refractivity contribution in [3.8, 4) is 11.5 Å². The second-order valence-corrected chi connectivity index (χ2v) is 9.43. The Balaban J connectivity index is 1.68. The van der Waals surface area contributed by atoms with Crippen LogP contribution < -0.4 is 5.32 Å². The molecule has 1 saturated carbocycles. The van der Waals surface area contributed by atoms with Crippen molar-refractivity contribution in [1.29, 1.82) is 0 Å². The summed E-state index contributed by atoms with van der Waals surface area (Å²) >= 11 is 0. The summed E-state index contributed by atoms with van der Waals surface area (Å²) in [6, 6.07) is 8.61. The first-order valence-electron chi connectivity index (χ1n) is 12.0. The molecule has 4 aromatic rings. The van der Waals surface area contributed by atoms with Crippen LogP contribution in [-0.2, 0) is 12.7 Å². The van der Waals surface area contributed by atoms with E-state index in [9.17, 15) is 23.1 Å². The summed E-state index contributed by atoms with van der Waals surface area (Å²) in [5, 5.41) is 13.0. The number of fused-ring (bicyclic) bond motifs is 1. The Morgan fingerprint density at radius 1 is 1.16 bits per heavy atom. The van der Waals surface area contributed by atoms with Gasteiger partial charge in [-0.15, -0.1) is 0 Å². The van der Waals surface area contributed by atoms with Crippen molar-refractivity contribution in [2.45, 2.75) is 51.9 Å². The van der Waals surface area contributed by atoms with Crippen molar-refractivity contribution in [2.24, 2.45) is 5.92 Å². The van der Waals surface area contributed by atoms with Crippen molar-refractivity contribution >= 4 is 23.0 Å². The zero-order valence-electron chi connectivity index (χ0n) is 20.3. The molecule has 0 bridgehead atoms. The molecule has 0 saturated heterocycles. The van der Waals surface area contributed by atoms with Gasteiger partial charge < -0.3 is 15.0 Å². The van der Waals surface area contributed by atoms with Gasteiger partial charge in [-0.1, -0.05) is 18.6 Å². The van der Waals surface area contributed by atoms with E-state index in [-0.39, 0.29) is 18.2 Å². The Morgan fingerprint density at radius 3 is 2.49 bits per heavy atom. The van der Waals surface area contributed by atoms with Crippen LogP contribution in [0.2, 0.25) is 0 Å². The van der Waals surface area contributed by atoms with Gasteiger partial charge in [-0.2, -0.15) is 13.2 Å². The van der Waals surface area contributed by atoms with Gasteiger partial charge in [0.25, 0.3) is 0 Å². The van der Waals surface area contributed by atoms with Crippen LogP contribution in [0.25, 0.3) is 22.7 Å². The zero-order valence-corrected chi connectivity index (χ0v) is 20.3. The smallest absolute Gasteiger partial charge is 0.416 e. The van der Waals surface area contributed by atoms with Crippen LogP contribution in [0.4, 0.5) is 19.0 Å². The van der Waals surface area contributed by atoms with E-state index in [0.717, 1.165) is 37.0 Å². The number of aryl methyl sites for hydroxylation is 1. The molecule has 1 fully saturated rings.